The van der Waals surface area contributed by atoms with E-state index >= 15 is 0 Å². The summed E-state index contributed by atoms with van der Waals surface area (Å²) in [5, 5.41) is 0. The van der Waals surface area contributed by atoms with E-state index in [0.29, 0.717) is 0 Å². The highest BCUT2D eigenvalue weighted by atomic mass is 35.5. The smallest absolute Gasteiger partial charge is 0.386 e. The van der Waals surface area contributed by atoms with Crippen molar-refractivity contribution in [3.63, 3.8) is 0 Å². The van der Waals surface area contributed by atoms with Crippen LogP contribution in [0.15, 0.2) is 23.2 Å². The highest BCUT2D eigenvalue weighted by Gasteiger charge is 2.35. The van der Waals surface area contributed by atoms with Crippen LogP contribution in [0.3, 0.4) is 0 Å². The third-order valence-electron chi connectivity index (χ3n) is 2.16. The van der Waals surface area contributed by atoms with Crippen LogP contribution in [0.2, 0.25) is 0 Å². The van der Waals surface area contributed by atoms with Crippen LogP contribution in [0, 0.1) is 0 Å². The van der Waals surface area contributed by atoms with Crippen LogP contribution in [0.1, 0.15) is 5.82 Å². The van der Waals surface area contributed by atoms with Gasteiger partial charge in [-0.25, -0.2) is 9.98 Å². The van der Waals surface area contributed by atoms with E-state index in [0.717, 1.165) is 0 Å². The number of alkyl halides is 4. The van der Waals surface area contributed by atoms with E-state index in [4.69, 9.17) is 17.3 Å². The van der Waals surface area contributed by atoms with Crippen molar-refractivity contribution in [2.45, 2.75) is 6.18 Å². The Bertz CT molecular complexity index is 603. The van der Waals surface area contributed by atoms with Gasteiger partial charge < -0.3 is 10.7 Å². The molecular formula is C10H8ClF3N4. The summed E-state index contributed by atoms with van der Waals surface area (Å²) in [7, 11) is 0. The number of hydrogen-bond donors (Lipinski definition) is 2. The summed E-state index contributed by atoms with van der Waals surface area (Å²) >= 11 is 5.47. The van der Waals surface area contributed by atoms with E-state index in [1.54, 1.807) is 6.07 Å². The number of para-hydroxylation sites is 1. The van der Waals surface area contributed by atoms with Crippen molar-refractivity contribution in [2.75, 3.05) is 5.88 Å². The molecule has 0 saturated carbocycles. The fourth-order valence-electron chi connectivity index (χ4n) is 1.43. The molecule has 2 rings (SSSR count). The van der Waals surface area contributed by atoms with Crippen LogP contribution >= 0.6 is 11.6 Å². The molecule has 0 spiro atoms. The number of aromatic amines is 1. The molecule has 1 aromatic carbocycles. The Kier molecular flexibility index (Phi) is 3.16. The fourth-order valence-corrected chi connectivity index (χ4v) is 1.49. The minimum Gasteiger partial charge on any atom is -0.386 e. The zero-order valence-electron chi connectivity index (χ0n) is 8.92. The van der Waals surface area contributed by atoms with Crippen LogP contribution in [0.25, 0.3) is 11.0 Å². The molecular weight excluding hydrogens is 269 g/mol. The molecule has 0 atom stereocenters. The van der Waals surface area contributed by atoms with Gasteiger partial charge in [0.2, 0.25) is 5.82 Å². The molecule has 8 heteroatoms. The third kappa shape index (κ3) is 2.40. The summed E-state index contributed by atoms with van der Waals surface area (Å²) < 4.78 is 37.5. The average Bonchev–Trinajstić information content (AvgIpc) is 2.73. The lowest BCUT2D eigenvalue weighted by Crippen LogP contribution is -2.12. The molecule has 0 aliphatic heterocycles. The summed E-state index contributed by atoms with van der Waals surface area (Å²) in [5.41, 5.74) is 6.04. The highest BCUT2D eigenvalue weighted by molar-refractivity contribution is 6.28. The maximum absolute atomic E-state index is 12.5. The van der Waals surface area contributed by atoms with E-state index in [2.05, 4.69) is 15.0 Å². The predicted molar refractivity (Wildman–Crippen MR) is 63.1 cm³/mol. The van der Waals surface area contributed by atoms with Crippen LogP contribution in [-0.2, 0) is 6.18 Å². The van der Waals surface area contributed by atoms with Crippen molar-refractivity contribution in [1.82, 2.24) is 9.97 Å². The topological polar surface area (TPSA) is 67.1 Å². The summed E-state index contributed by atoms with van der Waals surface area (Å²) in [6, 6.07) is 4.55. The van der Waals surface area contributed by atoms with Gasteiger partial charge in [0, 0.05) is 0 Å². The van der Waals surface area contributed by atoms with Crippen molar-refractivity contribution in [3.8, 4) is 0 Å². The standard InChI is InChI=1S/C10H8ClF3N4/c11-4-7(15)16-5-2-1-3-6-8(5)18-9(17-6)10(12,13)14/h1-3H,4H2,(H2,15,16)(H,17,18). The normalized spacial score (nSPS) is 13.2. The van der Waals surface area contributed by atoms with Crippen LogP contribution in [0.5, 0.6) is 0 Å². The largest absolute Gasteiger partial charge is 0.449 e. The number of nitrogens with zero attached hydrogens (tertiary/aromatic N) is 2. The van der Waals surface area contributed by atoms with Gasteiger partial charge in [-0.15, -0.1) is 11.6 Å². The van der Waals surface area contributed by atoms with Gasteiger partial charge in [0.15, 0.2) is 0 Å². The lowest BCUT2D eigenvalue weighted by Gasteiger charge is -1.99. The number of amidine groups is 1. The molecule has 0 aliphatic rings. The van der Waals surface area contributed by atoms with Gasteiger partial charge in [-0.1, -0.05) is 6.07 Å². The number of halogens is 4. The van der Waals surface area contributed by atoms with E-state index in [-0.39, 0.29) is 28.4 Å². The van der Waals surface area contributed by atoms with E-state index in [1.807, 2.05) is 0 Å². The summed E-state index contributed by atoms with van der Waals surface area (Å²) in [6.45, 7) is 0. The zero-order chi connectivity index (χ0) is 13.3. The minimum atomic E-state index is -4.53. The number of aromatic nitrogens is 2. The molecule has 0 fully saturated rings. The first kappa shape index (κ1) is 12.7. The lowest BCUT2D eigenvalue weighted by molar-refractivity contribution is -0.144. The number of aliphatic imine (C=N–C) groups is 1. The van der Waals surface area contributed by atoms with Crippen molar-refractivity contribution in [3.05, 3.63) is 24.0 Å². The Morgan fingerprint density at radius 1 is 1.44 bits per heavy atom. The van der Waals surface area contributed by atoms with E-state index < -0.39 is 12.0 Å². The van der Waals surface area contributed by atoms with Crippen LogP contribution < -0.4 is 5.73 Å². The summed E-state index contributed by atoms with van der Waals surface area (Å²) in [4.78, 5) is 9.59. The molecule has 1 heterocycles. The molecule has 18 heavy (non-hydrogen) atoms. The van der Waals surface area contributed by atoms with Crippen LogP contribution in [0.4, 0.5) is 18.9 Å². The number of hydrogen-bond acceptors (Lipinski definition) is 2. The van der Waals surface area contributed by atoms with Gasteiger partial charge in [0.05, 0.1) is 17.1 Å². The summed E-state index contributed by atoms with van der Waals surface area (Å²) in [6.07, 6.45) is -4.53. The van der Waals surface area contributed by atoms with Crippen molar-refractivity contribution in [2.24, 2.45) is 10.7 Å². The Morgan fingerprint density at radius 2 is 2.17 bits per heavy atom. The quantitative estimate of drug-likeness (QED) is 0.503. The molecule has 0 amide bonds. The van der Waals surface area contributed by atoms with Crippen molar-refractivity contribution < 1.29 is 13.2 Å². The van der Waals surface area contributed by atoms with Crippen molar-refractivity contribution >= 4 is 34.2 Å². The number of imidazole rings is 1. The molecule has 0 aliphatic carbocycles. The molecule has 0 saturated heterocycles. The molecule has 3 N–H and O–H groups in total. The van der Waals surface area contributed by atoms with E-state index in [1.165, 1.54) is 12.1 Å². The second-order valence-electron chi connectivity index (χ2n) is 3.49. The molecule has 0 radical (unpaired) electrons. The van der Waals surface area contributed by atoms with E-state index in [9.17, 15) is 13.2 Å². The zero-order valence-corrected chi connectivity index (χ0v) is 9.68. The summed E-state index contributed by atoms with van der Waals surface area (Å²) in [5.74, 6) is -0.960. The minimum absolute atomic E-state index is 0.00701. The van der Waals surface area contributed by atoms with Gasteiger partial charge in [-0.05, 0) is 12.1 Å². The first-order chi connectivity index (χ1) is 8.41. The second kappa shape index (κ2) is 4.49. The SMILES string of the molecule is NC(CCl)=Nc1cccc2[nH]c(C(F)(F)F)nc12. The molecule has 0 bridgehead atoms. The predicted octanol–water partition coefficient (Wildman–Crippen LogP) is 2.81. The number of H-pyrrole nitrogens is 1. The number of fused-ring (bicyclic) bond motifs is 1. The molecule has 1 aromatic heterocycles. The van der Waals surface area contributed by atoms with Gasteiger partial charge in [-0.2, -0.15) is 13.2 Å². The Morgan fingerprint density at radius 3 is 2.78 bits per heavy atom. The maximum Gasteiger partial charge on any atom is 0.449 e. The lowest BCUT2D eigenvalue weighted by atomic mass is 10.3. The van der Waals surface area contributed by atoms with Gasteiger partial charge in [0.1, 0.15) is 11.4 Å². The van der Waals surface area contributed by atoms with Gasteiger partial charge >= 0.3 is 6.18 Å². The number of nitrogens with two attached hydrogens (primary N) is 1. The first-order valence-electron chi connectivity index (χ1n) is 4.86. The second-order valence-corrected chi connectivity index (χ2v) is 3.76. The Balaban J connectivity index is 2.60. The molecule has 2 aromatic rings. The third-order valence-corrected chi connectivity index (χ3v) is 2.43. The first-order valence-corrected chi connectivity index (χ1v) is 5.40. The Hall–Kier alpha value is -1.76. The fraction of sp³-hybridized carbons (Fsp3) is 0.200. The van der Waals surface area contributed by atoms with Crippen molar-refractivity contribution in [1.29, 1.82) is 0 Å². The molecule has 0 unspecified atom stereocenters. The average molecular weight is 277 g/mol. The Labute approximate surface area is 105 Å². The number of benzene rings is 1. The molecule has 96 valence electrons. The monoisotopic (exact) mass is 276 g/mol. The number of nitrogens with one attached hydrogen (secondary N) is 1. The maximum atomic E-state index is 12.5. The molecule has 4 nitrogen and oxygen atoms in total. The van der Waals surface area contributed by atoms with Crippen LogP contribution in [-0.4, -0.2) is 21.7 Å². The highest BCUT2D eigenvalue weighted by Crippen LogP contribution is 2.31. The van der Waals surface area contributed by atoms with Gasteiger partial charge in [0.25, 0.3) is 0 Å². The number of rotatable bonds is 2. The van der Waals surface area contributed by atoms with Gasteiger partial charge in [-0.3, -0.25) is 0 Å².